The Morgan fingerprint density at radius 3 is 2.24 bits per heavy atom. The Morgan fingerprint density at radius 1 is 0.966 bits per heavy atom. The first-order valence-corrected chi connectivity index (χ1v) is 10.3. The summed E-state index contributed by atoms with van der Waals surface area (Å²) in [6.07, 6.45) is 3.22. The van der Waals surface area contributed by atoms with Crippen LogP contribution in [0.3, 0.4) is 0 Å². The van der Waals surface area contributed by atoms with Crippen LogP contribution in [0.5, 0.6) is 0 Å². The maximum absolute atomic E-state index is 12.7. The van der Waals surface area contributed by atoms with Crippen LogP contribution in [0.25, 0.3) is 0 Å². The number of amides is 3. The van der Waals surface area contributed by atoms with E-state index in [9.17, 15) is 9.59 Å². The molecular formula is C23H28N4O2. The molecule has 152 valence electrons. The third kappa shape index (κ3) is 4.59. The molecule has 3 amide bonds. The molecule has 29 heavy (non-hydrogen) atoms. The molecule has 2 aromatic rings. The van der Waals surface area contributed by atoms with Crippen LogP contribution in [0.15, 0.2) is 54.6 Å². The van der Waals surface area contributed by atoms with Crippen LogP contribution >= 0.6 is 0 Å². The molecule has 2 atom stereocenters. The zero-order chi connectivity index (χ0) is 20.3. The standard InChI is InChI=1S/C23H28N4O2/c1-16(25-21(28)20-15-23(20)11-13-24-14-12-23)17-7-9-19(10-8-17)27-22(29)26-18-5-3-2-4-6-18/h2-10,16,20,24H,11-15H2,1H3,(H,25,28)(H2,26,27,29). The maximum Gasteiger partial charge on any atom is 0.323 e. The predicted octanol–water partition coefficient (Wildman–Crippen LogP) is 3.90. The Balaban J connectivity index is 1.28. The van der Waals surface area contributed by atoms with Crippen molar-refractivity contribution < 1.29 is 9.59 Å². The third-order valence-corrected chi connectivity index (χ3v) is 6.16. The lowest BCUT2D eigenvalue weighted by molar-refractivity contribution is -0.123. The molecule has 4 rings (SSSR count). The molecule has 2 unspecified atom stereocenters. The van der Waals surface area contributed by atoms with Gasteiger partial charge < -0.3 is 21.3 Å². The minimum absolute atomic E-state index is 0.0611. The lowest BCUT2D eigenvalue weighted by Crippen LogP contribution is -2.34. The molecule has 1 aliphatic carbocycles. The van der Waals surface area contributed by atoms with Gasteiger partial charge in [-0.05, 0) is 74.5 Å². The van der Waals surface area contributed by atoms with Crippen LogP contribution in [0.2, 0.25) is 0 Å². The molecular weight excluding hydrogens is 364 g/mol. The van der Waals surface area contributed by atoms with Crippen molar-refractivity contribution in [3.8, 4) is 0 Å². The summed E-state index contributed by atoms with van der Waals surface area (Å²) in [5.74, 6) is 0.332. The summed E-state index contributed by atoms with van der Waals surface area (Å²) in [7, 11) is 0. The fraction of sp³-hybridized carbons (Fsp3) is 0.391. The number of anilines is 2. The molecule has 0 bridgehead atoms. The van der Waals surface area contributed by atoms with E-state index in [0.29, 0.717) is 5.69 Å². The van der Waals surface area contributed by atoms with Crippen LogP contribution in [0.4, 0.5) is 16.2 Å². The van der Waals surface area contributed by atoms with E-state index in [2.05, 4.69) is 21.3 Å². The normalized spacial score (nSPS) is 20.5. The average molecular weight is 393 g/mol. The Morgan fingerprint density at radius 2 is 1.59 bits per heavy atom. The van der Waals surface area contributed by atoms with Gasteiger partial charge in [-0.1, -0.05) is 30.3 Å². The van der Waals surface area contributed by atoms with Crippen LogP contribution < -0.4 is 21.3 Å². The van der Waals surface area contributed by atoms with E-state index in [0.717, 1.165) is 43.6 Å². The van der Waals surface area contributed by atoms with Gasteiger partial charge in [0.1, 0.15) is 0 Å². The Bertz CT molecular complexity index is 860. The first-order valence-electron chi connectivity index (χ1n) is 10.3. The number of nitrogens with one attached hydrogen (secondary N) is 4. The smallest absolute Gasteiger partial charge is 0.323 e. The fourth-order valence-electron chi connectivity index (χ4n) is 4.26. The molecule has 6 heteroatoms. The number of carbonyl (C=O) groups excluding carboxylic acids is 2. The van der Waals surface area contributed by atoms with Gasteiger partial charge in [0.05, 0.1) is 6.04 Å². The molecule has 1 spiro atoms. The molecule has 1 saturated heterocycles. The molecule has 2 aliphatic rings. The van der Waals surface area contributed by atoms with Gasteiger partial charge in [-0.25, -0.2) is 4.79 Å². The van der Waals surface area contributed by atoms with Crippen molar-refractivity contribution in [2.45, 2.75) is 32.2 Å². The zero-order valence-electron chi connectivity index (χ0n) is 16.7. The van der Waals surface area contributed by atoms with Crippen molar-refractivity contribution in [2.24, 2.45) is 11.3 Å². The number of piperidine rings is 1. The van der Waals surface area contributed by atoms with Crippen LogP contribution in [-0.2, 0) is 4.79 Å². The van der Waals surface area contributed by atoms with E-state index in [1.807, 2.05) is 61.5 Å². The Kier molecular flexibility index (Phi) is 5.53. The Labute approximate surface area is 171 Å². The van der Waals surface area contributed by atoms with Gasteiger partial charge >= 0.3 is 6.03 Å². The van der Waals surface area contributed by atoms with Crippen molar-refractivity contribution in [3.63, 3.8) is 0 Å². The number of urea groups is 1. The van der Waals surface area contributed by atoms with E-state index in [4.69, 9.17) is 0 Å². The van der Waals surface area contributed by atoms with Gasteiger partial charge in [-0.3, -0.25) is 4.79 Å². The minimum Gasteiger partial charge on any atom is -0.349 e. The zero-order valence-corrected chi connectivity index (χ0v) is 16.7. The van der Waals surface area contributed by atoms with E-state index in [1.165, 1.54) is 0 Å². The number of hydrogen-bond donors (Lipinski definition) is 4. The average Bonchev–Trinajstić information content (AvgIpc) is 3.42. The summed E-state index contributed by atoms with van der Waals surface area (Å²) in [5, 5.41) is 12.1. The highest BCUT2D eigenvalue weighted by atomic mass is 16.2. The van der Waals surface area contributed by atoms with Gasteiger partial charge in [0.15, 0.2) is 0 Å². The van der Waals surface area contributed by atoms with E-state index in [1.54, 1.807) is 0 Å². The summed E-state index contributed by atoms with van der Waals surface area (Å²) in [6.45, 7) is 4.04. The van der Waals surface area contributed by atoms with Crippen LogP contribution in [-0.4, -0.2) is 25.0 Å². The third-order valence-electron chi connectivity index (χ3n) is 6.16. The number of rotatable bonds is 5. The molecule has 1 saturated carbocycles. The molecule has 0 aromatic heterocycles. The maximum atomic E-state index is 12.7. The van der Waals surface area contributed by atoms with Gasteiger partial charge in [-0.15, -0.1) is 0 Å². The number of hydrogen-bond acceptors (Lipinski definition) is 3. The summed E-state index contributed by atoms with van der Waals surface area (Å²) in [5.41, 5.74) is 2.71. The number of benzene rings is 2. The summed E-state index contributed by atoms with van der Waals surface area (Å²) >= 11 is 0. The largest absolute Gasteiger partial charge is 0.349 e. The SMILES string of the molecule is CC(NC(=O)C1CC12CCNCC2)c1ccc(NC(=O)Nc2ccccc2)cc1. The Hall–Kier alpha value is -2.86. The molecule has 4 N–H and O–H groups in total. The van der Waals surface area contributed by atoms with Gasteiger partial charge in [0.2, 0.25) is 5.91 Å². The second-order valence-corrected chi connectivity index (χ2v) is 8.17. The van der Waals surface area contributed by atoms with Crippen LogP contribution in [0.1, 0.15) is 37.8 Å². The van der Waals surface area contributed by atoms with E-state index >= 15 is 0 Å². The lowest BCUT2D eigenvalue weighted by atomic mass is 9.91. The molecule has 1 heterocycles. The fourth-order valence-corrected chi connectivity index (χ4v) is 4.26. The molecule has 1 aliphatic heterocycles. The van der Waals surface area contributed by atoms with Crippen molar-refractivity contribution >= 4 is 23.3 Å². The first kappa shape index (κ1) is 19.5. The van der Waals surface area contributed by atoms with Crippen molar-refractivity contribution in [2.75, 3.05) is 23.7 Å². The molecule has 2 fully saturated rings. The second kappa shape index (κ2) is 8.25. The molecule has 2 aromatic carbocycles. The van der Waals surface area contributed by atoms with Crippen LogP contribution in [0, 0.1) is 11.3 Å². The first-order chi connectivity index (χ1) is 14.1. The van der Waals surface area contributed by atoms with Gasteiger partial charge in [0, 0.05) is 17.3 Å². The highest BCUT2D eigenvalue weighted by Gasteiger charge is 2.57. The quantitative estimate of drug-likeness (QED) is 0.623. The van der Waals surface area contributed by atoms with E-state index in [-0.39, 0.29) is 29.3 Å². The van der Waals surface area contributed by atoms with Crippen molar-refractivity contribution in [3.05, 3.63) is 60.2 Å². The second-order valence-electron chi connectivity index (χ2n) is 8.17. The number of para-hydroxylation sites is 1. The summed E-state index contributed by atoms with van der Waals surface area (Å²) < 4.78 is 0. The van der Waals surface area contributed by atoms with Gasteiger partial charge in [-0.2, -0.15) is 0 Å². The molecule has 0 radical (unpaired) electrons. The lowest BCUT2D eigenvalue weighted by Gasteiger charge is -2.24. The highest BCUT2D eigenvalue weighted by molar-refractivity contribution is 5.99. The summed E-state index contributed by atoms with van der Waals surface area (Å²) in [4.78, 5) is 24.7. The minimum atomic E-state index is -0.286. The van der Waals surface area contributed by atoms with E-state index < -0.39 is 0 Å². The predicted molar refractivity (Wildman–Crippen MR) is 115 cm³/mol. The summed E-state index contributed by atoms with van der Waals surface area (Å²) in [6, 6.07) is 16.6. The topological polar surface area (TPSA) is 82.3 Å². The number of carbonyl (C=O) groups is 2. The monoisotopic (exact) mass is 392 g/mol. The van der Waals surface area contributed by atoms with Crippen molar-refractivity contribution in [1.29, 1.82) is 0 Å². The van der Waals surface area contributed by atoms with Gasteiger partial charge in [0.25, 0.3) is 0 Å². The highest BCUT2D eigenvalue weighted by Crippen LogP contribution is 2.58. The molecule has 6 nitrogen and oxygen atoms in total. The van der Waals surface area contributed by atoms with Crippen molar-refractivity contribution in [1.82, 2.24) is 10.6 Å².